The summed E-state index contributed by atoms with van der Waals surface area (Å²) in [5.41, 5.74) is 23.2. The first-order valence-corrected chi connectivity index (χ1v) is 23.1. The highest BCUT2D eigenvalue weighted by molar-refractivity contribution is 5.98. The fraction of sp³-hybridized carbons (Fsp3) is 0.644. The molecule has 23 nitrogen and oxygen atoms in total. The van der Waals surface area contributed by atoms with Crippen LogP contribution in [0.2, 0.25) is 0 Å². The van der Waals surface area contributed by atoms with E-state index in [-0.39, 0.29) is 56.4 Å². The fourth-order valence-electron chi connectivity index (χ4n) is 6.86. The summed E-state index contributed by atoms with van der Waals surface area (Å²) in [6.45, 7) is 10.5. The van der Waals surface area contributed by atoms with Crippen LogP contribution in [0.25, 0.3) is 0 Å². The van der Waals surface area contributed by atoms with Crippen LogP contribution in [0.4, 0.5) is 0 Å². The number of carbonyl (C=O) groups is 9. The number of hydrogen-bond donors (Lipinski definition) is 13. The minimum Gasteiger partial charge on any atom is -0.481 e. The van der Waals surface area contributed by atoms with E-state index in [1.165, 1.54) is 0 Å². The molecule has 1 rings (SSSR count). The standard InChI is InChI=1S/C45H76N12O11/c1-7-27(6)37(57-40(64)30(17-11-12-18-46)52-38(62)29(47)16-13-19-50-45(48)49)44(68)56-32(21-26(4)5)42(66)54-33(22-28-14-9-8-10-15-28)43(67)53-31(20-25(2)3)41(65)55-34(23-35(58)59)39(63)51-24-36(60)61/h8-10,14-15,25-27,29-34,37H,7,11-13,16-24,46-47H2,1-6H3,(H,51,63)(H,52,62)(H,53,67)(H,54,66)(H,55,65)(H,56,68)(H,57,64)(H,58,59)(H,60,61)(H4,48,49,50)/t27-,29-,30-,31-,32-,33-,34-,37-/m0/s1. The summed E-state index contributed by atoms with van der Waals surface area (Å²) >= 11 is 0. The first-order valence-electron chi connectivity index (χ1n) is 23.1. The van der Waals surface area contributed by atoms with Gasteiger partial charge in [0.1, 0.15) is 42.8 Å². The van der Waals surface area contributed by atoms with Crippen molar-refractivity contribution < 1.29 is 53.4 Å². The molecule has 0 radical (unpaired) electrons. The Bertz CT molecular complexity index is 1850. The Kier molecular flexibility index (Phi) is 27.7. The Balaban J connectivity index is 3.48. The van der Waals surface area contributed by atoms with E-state index in [1.54, 1.807) is 51.1 Å². The minimum atomic E-state index is -1.69. The zero-order valence-corrected chi connectivity index (χ0v) is 40.2. The third-order valence-electron chi connectivity index (χ3n) is 10.7. The summed E-state index contributed by atoms with van der Waals surface area (Å²) in [6, 6.07) is -0.190. The Labute approximate surface area is 398 Å². The molecule has 1 aromatic rings. The van der Waals surface area contributed by atoms with Gasteiger partial charge in [-0.3, -0.25) is 48.1 Å². The van der Waals surface area contributed by atoms with Crippen molar-refractivity contribution in [2.24, 2.45) is 45.7 Å². The number of aliphatic imine (C=N–C) groups is 1. The Morgan fingerprint density at radius 3 is 1.63 bits per heavy atom. The van der Waals surface area contributed by atoms with Crippen LogP contribution in [-0.4, -0.2) is 131 Å². The van der Waals surface area contributed by atoms with Gasteiger partial charge in [-0.05, 0) is 74.8 Å². The smallest absolute Gasteiger partial charge is 0.322 e. The third kappa shape index (κ3) is 23.9. The number of benzene rings is 1. The fourth-order valence-corrected chi connectivity index (χ4v) is 6.86. The largest absolute Gasteiger partial charge is 0.481 e. The number of amides is 7. The molecule has 0 aliphatic heterocycles. The maximum atomic E-state index is 14.3. The molecule has 0 saturated carbocycles. The topological polar surface area (TPSA) is 395 Å². The molecule has 17 N–H and O–H groups in total. The minimum absolute atomic E-state index is 0.0138. The van der Waals surface area contributed by atoms with Gasteiger partial charge in [0.25, 0.3) is 0 Å². The molecule has 0 bridgehead atoms. The molecule has 0 aliphatic carbocycles. The van der Waals surface area contributed by atoms with Crippen LogP contribution >= 0.6 is 0 Å². The first kappa shape index (κ1) is 59.7. The van der Waals surface area contributed by atoms with Crippen molar-refractivity contribution in [3.63, 3.8) is 0 Å². The molecule has 1 aromatic carbocycles. The number of carbonyl (C=O) groups excluding carboxylic acids is 7. The van der Waals surface area contributed by atoms with Crippen LogP contribution < -0.4 is 60.2 Å². The molecule has 0 saturated heterocycles. The number of unbranched alkanes of at least 4 members (excludes halogenated alkanes) is 1. The zero-order valence-electron chi connectivity index (χ0n) is 40.2. The molecule has 0 unspecified atom stereocenters. The van der Waals surface area contributed by atoms with Gasteiger partial charge in [0.15, 0.2) is 5.96 Å². The molecule has 7 amide bonds. The van der Waals surface area contributed by atoms with Crippen molar-refractivity contribution in [1.82, 2.24) is 37.2 Å². The highest BCUT2D eigenvalue weighted by atomic mass is 16.4. The third-order valence-corrected chi connectivity index (χ3v) is 10.7. The molecule has 0 spiro atoms. The maximum Gasteiger partial charge on any atom is 0.322 e. The second kappa shape index (κ2) is 31.6. The molecular weight excluding hydrogens is 885 g/mol. The van der Waals surface area contributed by atoms with E-state index in [2.05, 4.69) is 36.9 Å². The van der Waals surface area contributed by atoms with Gasteiger partial charge < -0.3 is 70.4 Å². The first-order chi connectivity index (χ1) is 32.0. The highest BCUT2D eigenvalue weighted by Gasteiger charge is 2.36. The SMILES string of the molecule is CC[C@H](C)[C@H](NC(=O)[C@H](CCCCN)NC(=O)[C@@H](N)CCCN=C(N)N)C(=O)N[C@@H](CC(C)C)C(=O)N[C@@H](Cc1ccccc1)C(=O)N[C@@H](CC(C)C)C(=O)N[C@@H](CC(=O)O)C(=O)NCC(=O)O. The predicted octanol–water partition coefficient (Wildman–Crippen LogP) is -1.54. The van der Waals surface area contributed by atoms with Gasteiger partial charge in [-0.2, -0.15) is 0 Å². The normalized spacial score (nSPS) is 14.6. The van der Waals surface area contributed by atoms with Crippen molar-refractivity contribution in [3.8, 4) is 0 Å². The van der Waals surface area contributed by atoms with E-state index in [1.807, 2.05) is 26.1 Å². The number of guanidine groups is 1. The Morgan fingerprint density at radius 2 is 1.12 bits per heavy atom. The van der Waals surface area contributed by atoms with Crippen LogP contribution in [0.15, 0.2) is 35.3 Å². The molecule has 68 heavy (non-hydrogen) atoms. The number of nitrogens with two attached hydrogens (primary N) is 4. The molecular formula is C45H76N12O11. The van der Waals surface area contributed by atoms with E-state index in [0.717, 1.165) is 0 Å². The van der Waals surface area contributed by atoms with Crippen molar-refractivity contribution in [1.29, 1.82) is 0 Å². The summed E-state index contributed by atoms with van der Waals surface area (Å²) in [4.78, 5) is 123. The van der Waals surface area contributed by atoms with E-state index in [0.29, 0.717) is 37.8 Å². The summed E-state index contributed by atoms with van der Waals surface area (Å²) in [5.74, 6) is -9.30. The van der Waals surface area contributed by atoms with E-state index in [4.69, 9.17) is 28.0 Å². The lowest BCUT2D eigenvalue weighted by atomic mass is 9.95. The number of rotatable bonds is 33. The van der Waals surface area contributed by atoms with E-state index in [9.17, 15) is 48.3 Å². The van der Waals surface area contributed by atoms with Crippen molar-refractivity contribution in [3.05, 3.63) is 35.9 Å². The molecule has 382 valence electrons. The number of carboxylic acid groups (broad SMARTS) is 2. The summed E-state index contributed by atoms with van der Waals surface area (Å²) < 4.78 is 0. The maximum absolute atomic E-state index is 14.3. The summed E-state index contributed by atoms with van der Waals surface area (Å²) in [7, 11) is 0. The molecule has 0 aromatic heterocycles. The lowest BCUT2D eigenvalue weighted by molar-refractivity contribution is -0.142. The molecule has 23 heteroatoms. The summed E-state index contributed by atoms with van der Waals surface area (Å²) in [5, 5.41) is 36.4. The van der Waals surface area contributed by atoms with Crippen molar-refractivity contribution in [2.75, 3.05) is 19.6 Å². The number of nitrogens with one attached hydrogen (secondary N) is 7. The lowest BCUT2D eigenvalue weighted by Crippen LogP contribution is -2.61. The Hall–Kier alpha value is -6.36. The zero-order chi connectivity index (χ0) is 51.5. The lowest BCUT2D eigenvalue weighted by Gasteiger charge is -2.30. The molecule has 0 heterocycles. The van der Waals surface area contributed by atoms with E-state index >= 15 is 0 Å². The quantitative estimate of drug-likeness (QED) is 0.0216. The second-order valence-electron chi connectivity index (χ2n) is 17.7. The number of carboxylic acids is 2. The monoisotopic (exact) mass is 961 g/mol. The molecule has 0 aliphatic rings. The number of aliphatic carboxylic acids is 2. The number of nitrogens with zero attached hydrogens (tertiary/aromatic N) is 1. The van der Waals surface area contributed by atoms with Gasteiger partial charge in [0, 0.05) is 13.0 Å². The van der Waals surface area contributed by atoms with Crippen LogP contribution in [-0.2, 0) is 49.6 Å². The van der Waals surface area contributed by atoms with Crippen LogP contribution in [0.1, 0.15) is 105 Å². The van der Waals surface area contributed by atoms with Crippen LogP contribution in [0, 0.1) is 17.8 Å². The van der Waals surface area contributed by atoms with Gasteiger partial charge >= 0.3 is 11.9 Å². The van der Waals surface area contributed by atoms with Gasteiger partial charge in [-0.25, -0.2) is 0 Å². The Morgan fingerprint density at radius 1 is 0.603 bits per heavy atom. The second-order valence-corrected chi connectivity index (χ2v) is 17.7. The van der Waals surface area contributed by atoms with E-state index < -0.39 is 114 Å². The predicted molar refractivity (Wildman–Crippen MR) is 254 cm³/mol. The van der Waals surface area contributed by atoms with Crippen molar-refractivity contribution >= 4 is 59.2 Å². The van der Waals surface area contributed by atoms with Crippen LogP contribution in [0.5, 0.6) is 0 Å². The van der Waals surface area contributed by atoms with Crippen LogP contribution in [0.3, 0.4) is 0 Å². The van der Waals surface area contributed by atoms with Gasteiger partial charge in [0.05, 0.1) is 12.5 Å². The molecule has 8 atom stereocenters. The average molecular weight is 961 g/mol. The van der Waals surface area contributed by atoms with Crippen molar-refractivity contribution in [2.45, 2.75) is 148 Å². The van der Waals surface area contributed by atoms with Gasteiger partial charge in [0.2, 0.25) is 41.4 Å². The molecule has 0 fully saturated rings. The average Bonchev–Trinajstić information content (AvgIpc) is 3.26. The summed E-state index contributed by atoms with van der Waals surface area (Å²) in [6.07, 6.45) is 1.44. The highest BCUT2D eigenvalue weighted by Crippen LogP contribution is 2.14. The number of hydrogen-bond acceptors (Lipinski definition) is 12. The van der Waals surface area contributed by atoms with Gasteiger partial charge in [-0.15, -0.1) is 0 Å². The van der Waals surface area contributed by atoms with Gasteiger partial charge in [-0.1, -0.05) is 78.3 Å².